The van der Waals surface area contributed by atoms with Crippen LogP contribution < -0.4 is 14.6 Å². The van der Waals surface area contributed by atoms with Crippen LogP contribution in [0.3, 0.4) is 0 Å². The monoisotopic (exact) mass is 550 g/mol. The summed E-state index contributed by atoms with van der Waals surface area (Å²) < 4.78 is 26.6. The van der Waals surface area contributed by atoms with E-state index in [0.29, 0.717) is 5.88 Å². The van der Waals surface area contributed by atoms with Crippen LogP contribution in [0.2, 0.25) is 0 Å². The Labute approximate surface area is 170 Å². The Morgan fingerprint density at radius 1 is 1.30 bits per heavy atom. The molecule has 0 bridgehead atoms. The number of hydroxylamine groups is 1. The quantitative estimate of drug-likeness (QED) is 0.188. The van der Waals surface area contributed by atoms with Gasteiger partial charge in [0.25, 0.3) is 0 Å². The van der Waals surface area contributed by atoms with Crippen LogP contribution in [-0.2, 0) is 16.2 Å². The molecule has 12 heteroatoms. The third-order valence-corrected chi connectivity index (χ3v) is 7.02. The minimum Gasteiger partial charge on any atom is -0.480 e. The smallest absolute Gasteiger partial charge is 0.226 e. The van der Waals surface area contributed by atoms with Crippen LogP contribution in [-0.4, -0.2) is 47.4 Å². The number of carbonyl (C=O) groups is 1. The van der Waals surface area contributed by atoms with Crippen LogP contribution in [0.4, 0.5) is 0 Å². The van der Waals surface area contributed by atoms with Gasteiger partial charge in [-0.25, -0.2) is 9.97 Å². The summed E-state index contributed by atoms with van der Waals surface area (Å²) in [5.74, 6) is 0.0789. The van der Waals surface area contributed by atoms with Crippen molar-refractivity contribution in [2.75, 3.05) is 7.11 Å². The fourth-order valence-electron chi connectivity index (χ4n) is 1.90. The van der Waals surface area contributed by atoms with E-state index < -0.39 is 20.1 Å². The van der Waals surface area contributed by atoms with E-state index in [2.05, 4.69) is 45.2 Å². The van der Waals surface area contributed by atoms with Gasteiger partial charge in [0, 0.05) is 9.77 Å². The maximum Gasteiger partial charge on any atom is 0.226 e. The predicted octanol–water partition coefficient (Wildman–Crippen LogP) is 1.39. The minimum absolute atomic E-state index is 0.201. The minimum atomic E-state index is -4.55. The zero-order chi connectivity index (χ0) is 19.9. The van der Waals surface area contributed by atoms with Crippen molar-refractivity contribution in [3.8, 4) is 5.88 Å². The molecule has 1 amide bonds. The summed E-state index contributed by atoms with van der Waals surface area (Å²) in [6, 6.07) is 7.87. The molecule has 3 aromatic rings. The molecule has 3 N–H and O–H groups in total. The summed E-state index contributed by atoms with van der Waals surface area (Å²) in [6.45, 7) is 1.18. The zero-order valence-electron chi connectivity index (χ0n) is 14.2. The van der Waals surface area contributed by atoms with Crippen molar-refractivity contribution in [1.82, 2.24) is 20.4 Å². The molecule has 2 heterocycles. The number of amides is 1. The number of carbonyl (C=O) groups excluding carboxylic acids is 1. The number of hydrogen-bond acceptors (Lipinski definition) is 8. The number of methoxy groups -OCH3 is 1. The molecule has 0 saturated heterocycles. The van der Waals surface area contributed by atoms with Crippen molar-refractivity contribution in [1.29, 1.82) is 0 Å². The molecule has 1 unspecified atom stereocenters. The van der Waals surface area contributed by atoms with Crippen molar-refractivity contribution in [2.24, 2.45) is 0 Å². The van der Waals surface area contributed by atoms with Crippen LogP contribution in [0.15, 0.2) is 42.9 Å². The number of nitrogens with one attached hydrogen (secondary N) is 2. The van der Waals surface area contributed by atoms with Gasteiger partial charge in [-0.2, -0.15) is 0 Å². The van der Waals surface area contributed by atoms with Gasteiger partial charge in [0.2, 0.25) is 5.88 Å². The molecular formula is C15H16AsIN4O6. The summed E-state index contributed by atoms with van der Waals surface area (Å²) in [5.41, 5.74) is 2.69. The van der Waals surface area contributed by atoms with Crippen LogP contribution in [0.1, 0.15) is 6.92 Å². The number of aromatic nitrogens is 3. The molecule has 10 nitrogen and oxygen atoms in total. The van der Waals surface area contributed by atoms with Gasteiger partial charge in [-0.05, 0) is 22.6 Å². The van der Waals surface area contributed by atoms with Crippen LogP contribution in [0.25, 0.3) is 11.0 Å². The molecular weight excluding hydrogens is 534 g/mol. The van der Waals surface area contributed by atoms with Crippen molar-refractivity contribution in [3.63, 3.8) is 0 Å². The molecule has 144 valence electrons. The molecule has 0 saturated carbocycles. The van der Waals surface area contributed by atoms with Crippen molar-refractivity contribution in [2.45, 2.75) is 6.92 Å². The van der Waals surface area contributed by atoms with Crippen LogP contribution in [0.5, 0.6) is 5.88 Å². The van der Waals surface area contributed by atoms with E-state index in [1.165, 1.54) is 25.4 Å². The summed E-state index contributed by atoms with van der Waals surface area (Å²) in [4.78, 5) is 21.6. The number of hydrogen-bond donors (Lipinski definition) is 3. The number of rotatable bonds is 5. The molecule has 27 heavy (non-hydrogen) atoms. The Bertz CT molecular complexity index is 952. The van der Waals surface area contributed by atoms with E-state index in [1.54, 1.807) is 25.3 Å². The second-order valence-electron chi connectivity index (χ2n) is 4.91. The van der Waals surface area contributed by atoms with Crippen molar-refractivity contribution >= 4 is 58.1 Å². The van der Waals surface area contributed by atoms with E-state index in [4.69, 9.17) is 9.99 Å². The van der Waals surface area contributed by atoms with Crippen LogP contribution in [0, 0.1) is 3.57 Å². The van der Waals surface area contributed by atoms with Gasteiger partial charge in [-0.3, -0.25) is 0 Å². The average molecular weight is 550 g/mol. The first-order valence-corrected chi connectivity index (χ1v) is 11.7. The Balaban J connectivity index is 0.000000198. The van der Waals surface area contributed by atoms with E-state index in [9.17, 15) is 8.53 Å². The van der Waals surface area contributed by atoms with E-state index in [0.717, 1.165) is 14.6 Å². The van der Waals surface area contributed by atoms with Crippen LogP contribution >= 0.6 is 22.6 Å². The van der Waals surface area contributed by atoms with E-state index >= 15 is 0 Å². The van der Waals surface area contributed by atoms with Crippen molar-refractivity contribution < 1.29 is 26.2 Å². The molecule has 2 aromatic heterocycles. The summed E-state index contributed by atoms with van der Waals surface area (Å²) in [6.07, 6.45) is 3.36. The van der Waals surface area contributed by atoms with Crippen molar-refractivity contribution in [3.05, 3.63) is 46.4 Å². The van der Waals surface area contributed by atoms with E-state index in [1.807, 2.05) is 11.7 Å². The maximum atomic E-state index is 11.8. The molecule has 0 aliphatic rings. The molecule has 0 aliphatic heterocycles. The Morgan fingerprint density at radius 2 is 2.00 bits per heavy atom. The average Bonchev–Trinajstić information content (AvgIpc) is 3.08. The number of ether oxygens (including phenoxy) is 1. The van der Waals surface area contributed by atoms with Gasteiger partial charge in [0.15, 0.2) is 0 Å². The van der Waals surface area contributed by atoms with Gasteiger partial charge in [-0.15, -0.1) is 0 Å². The first-order chi connectivity index (χ1) is 12.9. The molecule has 3 rings (SSSR count). The molecule has 0 fully saturated rings. The first kappa shape index (κ1) is 21.4. The molecule has 0 radical (unpaired) electrons. The Hall–Kier alpha value is -1.92. The van der Waals surface area contributed by atoms with Gasteiger partial charge in [-0.1, -0.05) is 0 Å². The summed E-state index contributed by atoms with van der Waals surface area (Å²) in [7, 11) is 1.60. The Kier molecular flexibility index (Phi) is 7.80. The van der Waals surface area contributed by atoms with Gasteiger partial charge >= 0.3 is 88.7 Å². The second-order valence-corrected chi connectivity index (χ2v) is 9.97. The number of halogens is 1. The largest absolute Gasteiger partial charge is 0.480 e. The molecule has 0 aliphatic carbocycles. The number of fused-ring (bicyclic) bond motifs is 1. The number of benzene rings is 1. The van der Waals surface area contributed by atoms with Gasteiger partial charge < -0.3 is 9.72 Å². The molecule has 0 spiro atoms. The topological polar surface area (TPSA) is 136 Å². The number of aromatic amines is 1. The number of H-pyrrole nitrogens is 1. The normalized spacial score (nSPS) is 12.6. The van der Waals surface area contributed by atoms with Gasteiger partial charge in [0.05, 0.1) is 12.5 Å². The molecule has 1 aromatic carbocycles. The predicted molar refractivity (Wildman–Crippen MR) is 104 cm³/mol. The third-order valence-electron chi connectivity index (χ3n) is 3.07. The fourth-order valence-corrected chi connectivity index (χ4v) is 4.68. The SMILES string of the molecule is CC(=O)NO[As](=O)(OO)c1ccccc1.COc1ncnc2[nH]cc(I)c12. The number of nitrogens with zero attached hydrogens (tertiary/aromatic N) is 2. The fraction of sp³-hybridized carbons (Fsp3) is 0.133. The standard InChI is InChI=1S/C8H10AsNO5.C7H6IN3O/c1-7(11)10-14-9(12,15-13)8-5-3-2-4-6-8;1-12-7-5-4(8)2-9-6(5)10-3-11-7/h2-6,13H,1H3,(H,10,11);2-3H,1H3,(H,9,10,11). The van der Waals surface area contributed by atoms with Gasteiger partial charge in [0.1, 0.15) is 12.0 Å². The summed E-state index contributed by atoms with van der Waals surface area (Å²) >= 11 is -2.34. The Morgan fingerprint density at radius 3 is 2.59 bits per heavy atom. The summed E-state index contributed by atoms with van der Waals surface area (Å²) in [5, 5.41) is 9.48. The van der Waals surface area contributed by atoms with E-state index in [-0.39, 0.29) is 4.35 Å². The molecule has 1 atom stereocenters. The first-order valence-electron chi connectivity index (χ1n) is 7.37. The third kappa shape index (κ3) is 5.53. The second kappa shape index (κ2) is 9.85. The maximum absolute atomic E-state index is 11.8. The zero-order valence-corrected chi connectivity index (χ0v) is 18.3.